The molecule has 1 aliphatic rings. The van der Waals surface area contributed by atoms with Crippen molar-refractivity contribution in [2.45, 2.75) is 26.1 Å². The number of rotatable bonds is 3. The predicted molar refractivity (Wildman–Crippen MR) is 62.4 cm³/mol. The zero-order chi connectivity index (χ0) is 13.9. The number of halogens is 3. The number of nitrogens with zero attached hydrogens (tertiary/aromatic N) is 1. The maximum Gasteiger partial charge on any atom is 0.416 e. The summed E-state index contributed by atoms with van der Waals surface area (Å²) in [6.07, 6.45) is -1.21. The Kier molecular flexibility index (Phi) is 4.21. The highest BCUT2D eigenvalue weighted by molar-refractivity contribution is 5.83. The van der Waals surface area contributed by atoms with Crippen molar-refractivity contribution in [1.82, 2.24) is 10.2 Å². The van der Waals surface area contributed by atoms with Crippen LogP contribution in [-0.2, 0) is 4.79 Å². The van der Waals surface area contributed by atoms with E-state index in [0.29, 0.717) is 0 Å². The second kappa shape index (κ2) is 5.29. The van der Waals surface area contributed by atoms with E-state index in [-0.39, 0.29) is 18.3 Å². The van der Waals surface area contributed by atoms with Gasteiger partial charge < -0.3 is 10.2 Å². The van der Waals surface area contributed by atoms with Gasteiger partial charge in [0.1, 0.15) is 6.04 Å². The van der Waals surface area contributed by atoms with Crippen molar-refractivity contribution in [2.24, 2.45) is 0 Å². The molecule has 0 aliphatic carbocycles. The Labute approximate surface area is 104 Å². The molecule has 1 saturated heterocycles. The first-order chi connectivity index (χ1) is 8.27. The standard InChI is InChI=1S/C12H15F3N2O/c1-4-5-10(12(13,14)15)6-8(2)17-7-16-11(18)9(17)3/h4-6,9H,2,7H2,1,3H3,(H,16,18)/b5-4-,10-6+. The highest BCUT2D eigenvalue weighted by Crippen LogP contribution is 2.28. The third-order valence-electron chi connectivity index (χ3n) is 2.64. The average Bonchev–Trinajstić information content (AvgIpc) is 2.58. The number of hydrogen-bond acceptors (Lipinski definition) is 2. The van der Waals surface area contributed by atoms with Crippen LogP contribution in [0.15, 0.2) is 36.1 Å². The van der Waals surface area contributed by atoms with Crippen molar-refractivity contribution in [3.05, 3.63) is 36.1 Å². The minimum Gasteiger partial charge on any atom is -0.343 e. The van der Waals surface area contributed by atoms with Crippen molar-refractivity contribution in [3.8, 4) is 0 Å². The molecule has 3 nitrogen and oxygen atoms in total. The van der Waals surface area contributed by atoms with E-state index in [1.165, 1.54) is 17.9 Å². The van der Waals surface area contributed by atoms with E-state index < -0.39 is 17.8 Å². The Bertz CT molecular complexity index is 410. The van der Waals surface area contributed by atoms with Gasteiger partial charge in [-0.3, -0.25) is 4.79 Å². The summed E-state index contributed by atoms with van der Waals surface area (Å²) in [6, 6.07) is -0.506. The maximum atomic E-state index is 12.7. The fourth-order valence-corrected chi connectivity index (χ4v) is 1.61. The Morgan fingerprint density at radius 2 is 2.17 bits per heavy atom. The number of alkyl halides is 3. The lowest BCUT2D eigenvalue weighted by atomic mass is 10.2. The lowest BCUT2D eigenvalue weighted by molar-refractivity contribution is -0.120. The predicted octanol–water partition coefficient (Wildman–Crippen LogP) is 2.34. The quantitative estimate of drug-likeness (QED) is 0.790. The number of carbonyl (C=O) groups is 1. The molecule has 0 aromatic heterocycles. The normalized spacial score (nSPS) is 21.6. The topological polar surface area (TPSA) is 32.3 Å². The summed E-state index contributed by atoms with van der Waals surface area (Å²) in [4.78, 5) is 12.7. The highest BCUT2D eigenvalue weighted by Gasteiger charge is 2.33. The molecule has 0 bridgehead atoms. The molecule has 100 valence electrons. The molecular formula is C12H15F3N2O. The van der Waals surface area contributed by atoms with Gasteiger partial charge in [-0.1, -0.05) is 18.7 Å². The van der Waals surface area contributed by atoms with Crippen molar-refractivity contribution in [3.63, 3.8) is 0 Å². The lowest BCUT2D eigenvalue weighted by Crippen LogP contribution is -2.29. The number of amides is 1. The van der Waals surface area contributed by atoms with E-state index in [2.05, 4.69) is 11.9 Å². The van der Waals surface area contributed by atoms with Crippen LogP contribution < -0.4 is 5.32 Å². The van der Waals surface area contributed by atoms with Crippen molar-refractivity contribution >= 4 is 5.91 Å². The molecule has 0 spiro atoms. The molecule has 0 aromatic carbocycles. The van der Waals surface area contributed by atoms with Gasteiger partial charge in [-0.05, 0) is 19.9 Å². The Hall–Kier alpha value is -1.72. The number of hydrogen-bond donors (Lipinski definition) is 1. The van der Waals surface area contributed by atoms with E-state index in [1.807, 2.05) is 0 Å². The van der Waals surface area contributed by atoms with Crippen LogP contribution in [-0.4, -0.2) is 29.7 Å². The first-order valence-electron chi connectivity index (χ1n) is 5.42. The van der Waals surface area contributed by atoms with E-state index in [4.69, 9.17) is 0 Å². The molecule has 1 N–H and O–H groups in total. The SMILES string of the molecule is C=C(/C=C(\C=C/C)C(F)(F)F)N1CNC(=O)C1C. The monoisotopic (exact) mass is 260 g/mol. The van der Waals surface area contributed by atoms with Crippen LogP contribution in [0.4, 0.5) is 13.2 Å². The minimum absolute atomic E-state index is 0.159. The molecule has 1 fully saturated rings. The van der Waals surface area contributed by atoms with Gasteiger partial charge in [0.25, 0.3) is 0 Å². The van der Waals surface area contributed by atoms with Crippen LogP contribution in [0.25, 0.3) is 0 Å². The van der Waals surface area contributed by atoms with Crippen molar-refractivity contribution in [1.29, 1.82) is 0 Å². The van der Waals surface area contributed by atoms with E-state index in [9.17, 15) is 18.0 Å². The summed E-state index contributed by atoms with van der Waals surface area (Å²) in [5.41, 5.74) is -0.632. The minimum atomic E-state index is -4.43. The van der Waals surface area contributed by atoms with Crippen molar-refractivity contribution < 1.29 is 18.0 Å². The van der Waals surface area contributed by atoms with Gasteiger partial charge >= 0.3 is 6.18 Å². The molecule has 1 rings (SSSR count). The number of carbonyl (C=O) groups excluding carboxylic acids is 1. The number of allylic oxidation sites excluding steroid dienone is 4. The first-order valence-corrected chi connectivity index (χ1v) is 5.42. The summed E-state index contributed by atoms with van der Waals surface area (Å²) in [6.45, 7) is 6.88. The zero-order valence-corrected chi connectivity index (χ0v) is 10.2. The third kappa shape index (κ3) is 3.15. The summed E-state index contributed by atoms with van der Waals surface area (Å²) in [7, 11) is 0. The average molecular weight is 260 g/mol. The zero-order valence-electron chi connectivity index (χ0n) is 10.2. The molecule has 0 aromatic rings. The van der Waals surface area contributed by atoms with Crippen LogP contribution in [0.5, 0.6) is 0 Å². The fourth-order valence-electron chi connectivity index (χ4n) is 1.61. The van der Waals surface area contributed by atoms with Gasteiger partial charge in [-0.15, -0.1) is 0 Å². The van der Waals surface area contributed by atoms with E-state index in [1.54, 1.807) is 6.92 Å². The van der Waals surface area contributed by atoms with Gasteiger partial charge in [-0.25, -0.2) is 0 Å². The summed E-state index contributed by atoms with van der Waals surface area (Å²) in [5, 5.41) is 2.54. The van der Waals surface area contributed by atoms with Gasteiger partial charge in [0.15, 0.2) is 0 Å². The van der Waals surface area contributed by atoms with Crippen LogP contribution in [0.2, 0.25) is 0 Å². The molecule has 0 radical (unpaired) electrons. The molecular weight excluding hydrogens is 245 g/mol. The van der Waals surface area contributed by atoms with Crippen LogP contribution in [0.3, 0.4) is 0 Å². The van der Waals surface area contributed by atoms with Gasteiger partial charge in [0.2, 0.25) is 5.91 Å². The van der Waals surface area contributed by atoms with E-state index in [0.717, 1.165) is 12.2 Å². The molecule has 1 aliphatic heterocycles. The van der Waals surface area contributed by atoms with Crippen LogP contribution in [0.1, 0.15) is 13.8 Å². The molecule has 1 unspecified atom stereocenters. The second-order valence-corrected chi connectivity index (χ2v) is 3.93. The highest BCUT2D eigenvalue weighted by atomic mass is 19.4. The van der Waals surface area contributed by atoms with Gasteiger partial charge in [0, 0.05) is 5.70 Å². The molecule has 1 amide bonds. The Morgan fingerprint density at radius 1 is 1.56 bits per heavy atom. The van der Waals surface area contributed by atoms with Crippen LogP contribution in [0, 0.1) is 0 Å². The Balaban J connectivity index is 2.93. The summed E-state index contributed by atoms with van der Waals surface area (Å²) < 4.78 is 38.0. The van der Waals surface area contributed by atoms with Crippen molar-refractivity contribution in [2.75, 3.05) is 6.67 Å². The van der Waals surface area contributed by atoms with Crippen LogP contribution >= 0.6 is 0 Å². The van der Waals surface area contributed by atoms with Gasteiger partial charge in [0.05, 0.1) is 12.2 Å². The molecule has 0 saturated carbocycles. The summed E-state index contributed by atoms with van der Waals surface area (Å²) >= 11 is 0. The maximum absolute atomic E-state index is 12.7. The summed E-state index contributed by atoms with van der Waals surface area (Å²) in [5.74, 6) is -0.218. The fraction of sp³-hybridized carbons (Fsp3) is 0.417. The second-order valence-electron chi connectivity index (χ2n) is 3.93. The number of nitrogens with one attached hydrogen (secondary N) is 1. The van der Waals surface area contributed by atoms with Gasteiger partial charge in [-0.2, -0.15) is 13.2 Å². The smallest absolute Gasteiger partial charge is 0.343 e. The lowest BCUT2D eigenvalue weighted by Gasteiger charge is -2.21. The molecule has 1 atom stereocenters. The largest absolute Gasteiger partial charge is 0.416 e. The van der Waals surface area contributed by atoms with E-state index >= 15 is 0 Å². The molecule has 6 heteroatoms. The first kappa shape index (κ1) is 14.3. The third-order valence-corrected chi connectivity index (χ3v) is 2.64. The molecule has 18 heavy (non-hydrogen) atoms. The Morgan fingerprint density at radius 3 is 2.56 bits per heavy atom. The molecule has 1 heterocycles.